The van der Waals surface area contributed by atoms with Crippen LogP contribution in [0.25, 0.3) is 0 Å². The van der Waals surface area contributed by atoms with Crippen LogP contribution in [-0.2, 0) is 11.3 Å². The van der Waals surface area contributed by atoms with E-state index in [1.807, 2.05) is 63.9 Å². The number of hydrogen-bond acceptors (Lipinski definition) is 5. The average Bonchev–Trinajstić information content (AvgIpc) is 3.23. The fourth-order valence-corrected chi connectivity index (χ4v) is 3.52. The number of rotatable bonds is 5. The van der Waals surface area contributed by atoms with Crippen molar-refractivity contribution in [2.24, 2.45) is 0 Å². The van der Waals surface area contributed by atoms with Crippen molar-refractivity contribution in [2.45, 2.75) is 25.4 Å². The van der Waals surface area contributed by atoms with Crippen molar-refractivity contribution < 1.29 is 9.59 Å². The molecular formula is C19H24N6O2. The molecule has 0 aliphatic carbocycles. The van der Waals surface area contributed by atoms with Gasteiger partial charge in [0.2, 0.25) is 5.91 Å². The van der Waals surface area contributed by atoms with Crippen molar-refractivity contribution in [3.63, 3.8) is 0 Å². The van der Waals surface area contributed by atoms with Crippen LogP contribution in [0.1, 0.15) is 34.9 Å². The van der Waals surface area contributed by atoms with E-state index in [1.54, 1.807) is 0 Å². The van der Waals surface area contributed by atoms with Crippen molar-refractivity contribution >= 4 is 17.5 Å². The predicted molar refractivity (Wildman–Crippen MR) is 100 cm³/mol. The van der Waals surface area contributed by atoms with E-state index >= 15 is 0 Å². The maximum Gasteiger partial charge on any atom is 0.254 e. The van der Waals surface area contributed by atoms with E-state index in [0.29, 0.717) is 31.6 Å². The van der Waals surface area contributed by atoms with Crippen molar-refractivity contribution in [1.29, 1.82) is 0 Å². The van der Waals surface area contributed by atoms with Crippen LogP contribution in [-0.4, -0.2) is 70.3 Å². The Morgan fingerprint density at radius 3 is 2.81 bits per heavy atom. The fourth-order valence-electron chi connectivity index (χ4n) is 3.52. The molecule has 0 unspecified atom stereocenters. The minimum atomic E-state index is 0.0398. The molecule has 2 aromatic rings. The van der Waals surface area contributed by atoms with Gasteiger partial charge in [0, 0.05) is 51.4 Å². The minimum absolute atomic E-state index is 0.0398. The van der Waals surface area contributed by atoms with Crippen LogP contribution >= 0.6 is 0 Å². The number of carbonyl (C=O) groups is 2. The first-order valence-corrected chi connectivity index (χ1v) is 9.26. The maximum atomic E-state index is 12.7. The lowest BCUT2D eigenvalue weighted by molar-refractivity contribution is -0.128. The number of benzene rings is 1. The van der Waals surface area contributed by atoms with Crippen LogP contribution in [0, 0.1) is 0 Å². The van der Waals surface area contributed by atoms with Gasteiger partial charge in [-0.15, -0.1) is 5.10 Å². The van der Waals surface area contributed by atoms with E-state index in [9.17, 15) is 9.59 Å². The van der Waals surface area contributed by atoms with Crippen molar-refractivity contribution in [3.8, 4) is 0 Å². The number of carbonyl (C=O) groups excluding carboxylic acids is 2. The van der Waals surface area contributed by atoms with Crippen molar-refractivity contribution in [1.82, 2.24) is 24.8 Å². The Bertz CT molecular complexity index is 855. The molecule has 0 saturated carbocycles. The molecule has 4 rings (SSSR count). The molecule has 8 nitrogen and oxygen atoms in total. The number of nitrogens with zero attached hydrogens (tertiary/aromatic N) is 6. The van der Waals surface area contributed by atoms with Crippen LogP contribution in [0.4, 0.5) is 5.69 Å². The summed E-state index contributed by atoms with van der Waals surface area (Å²) in [6.07, 6.45) is 3.44. The highest BCUT2D eigenvalue weighted by molar-refractivity contribution is 5.95. The molecule has 2 aliphatic heterocycles. The zero-order valence-electron chi connectivity index (χ0n) is 15.7. The van der Waals surface area contributed by atoms with Gasteiger partial charge in [-0.1, -0.05) is 11.3 Å². The summed E-state index contributed by atoms with van der Waals surface area (Å²) in [7, 11) is 3.92. The van der Waals surface area contributed by atoms with Gasteiger partial charge in [0.05, 0.1) is 18.8 Å². The molecule has 2 saturated heterocycles. The summed E-state index contributed by atoms with van der Waals surface area (Å²) in [6.45, 7) is 2.56. The molecule has 2 amide bonds. The van der Waals surface area contributed by atoms with E-state index in [1.165, 1.54) is 0 Å². The molecule has 2 aliphatic rings. The molecule has 27 heavy (non-hydrogen) atoms. The maximum absolute atomic E-state index is 12.7. The van der Waals surface area contributed by atoms with Gasteiger partial charge in [0.15, 0.2) is 0 Å². The minimum Gasteiger partial charge on any atom is -0.378 e. The third kappa shape index (κ3) is 3.51. The molecule has 0 radical (unpaired) electrons. The summed E-state index contributed by atoms with van der Waals surface area (Å²) in [5.74, 6) is 0.225. The van der Waals surface area contributed by atoms with Gasteiger partial charge in [0.25, 0.3) is 5.91 Å². The van der Waals surface area contributed by atoms with Gasteiger partial charge in [-0.25, -0.2) is 4.68 Å². The van der Waals surface area contributed by atoms with Crippen LogP contribution in [0.2, 0.25) is 0 Å². The highest BCUT2D eigenvalue weighted by atomic mass is 16.2. The Morgan fingerprint density at radius 1 is 1.30 bits per heavy atom. The Hall–Kier alpha value is -2.90. The van der Waals surface area contributed by atoms with Gasteiger partial charge in [0.1, 0.15) is 5.69 Å². The zero-order valence-corrected chi connectivity index (χ0v) is 15.7. The summed E-state index contributed by atoms with van der Waals surface area (Å²) in [5.41, 5.74) is 2.51. The number of likely N-dealkylation sites (tertiary alicyclic amines) is 2. The predicted octanol–water partition coefficient (Wildman–Crippen LogP) is 1.16. The van der Waals surface area contributed by atoms with E-state index in [-0.39, 0.29) is 17.9 Å². The van der Waals surface area contributed by atoms with Gasteiger partial charge < -0.3 is 14.7 Å². The molecule has 1 aromatic carbocycles. The van der Waals surface area contributed by atoms with Crippen LogP contribution in [0.15, 0.2) is 30.5 Å². The zero-order chi connectivity index (χ0) is 19.0. The Morgan fingerprint density at radius 2 is 2.11 bits per heavy atom. The first-order valence-electron chi connectivity index (χ1n) is 9.26. The quantitative estimate of drug-likeness (QED) is 0.792. The monoisotopic (exact) mass is 368 g/mol. The number of aromatic nitrogens is 3. The van der Waals surface area contributed by atoms with Crippen LogP contribution < -0.4 is 4.90 Å². The highest BCUT2D eigenvalue weighted by Crippen LogP contribution is 2.24. The SMILES string of the molecule is CN(C)c1cccc(C(=O)N2CC(n3cc(CN4CCCC4=O)nn3)C2)c1. The molecule has 3 heterocycles. The summed E-state index contributed by atoms with van der Waals surface area (Å²) in [4.78, 5) is 30.0. The van der Waals surface area contributed by atoms with Gasteiger partial charge >= 0.3 is 0 Å². The summed E-state index contributed by atoms with van der Waals surface area (Å²) < 4.78 is 1.82. The van der Waals surface area contributed by atoms with Crippen LogP contribution in [0.3, 0.4) is 0 Å². The molecular weight excluding hydrogens is 344 g/mol. The Labute approximate surface area is 158 Å². The first-order chi connectivity index (χ1) is 13.0. The molecule has 0 atom stereocenters. The largest absolute Gasteiger partial charge is 0.378 e. The summed E-state index contributed by atoms with van der Waals surface area (Å²) in [6, 6.07) is 7.79. The second kappa shape index (κ2) is 7.02. The summed E-state index contributed by atoms with van der Waals surface area (Å²) >= 11 is 0. The van der Waals surface area contributed by atoms with E-state index in [0.717, 1.165) is 24.3 Å². The fraction of sp³-hybridized carbons (Fsp3) is 0.474. The molecule has 1 aromatic heterocycles. The molecule has 142 valence electrons. The van der Waals surface area contributed by atoms with Gasteiger partial charge in [-0.3, -0.25) is 9.59 Å². The Balaban J connectivity index is 1.35. The topological polar surface area (TPSA) is 74.6 Å². The smallest absolute Gasteiger partial charge is 0.254 e. The average molecular weight is 368 g/mol. The van der Waals surface area contributed by atoms with Gasteiger partial charge in [-0.05, 0) is 24.6 Å². The molecule has 0 spiro atoms. The lowest BCUT2D eigenvalue weighted by Crippen LogP contribution is -2.50. The van der Waals surface area contributed by atoms with Crippen LogP contribution in [0.5, 0.6) is 0 Å². The molecule has 0 N–H and O–H groups in total. The second-order valence-electron chi connectivity index (χ2n) is 7.42. The molecule has 8 heteroatoms. The summed E-state index contributed by atoms with van der Waals surface area (Å²) in [5, 5.41) is 8.38. The van der Waals surface area contributed by atoms with E-state index in [4.69, 9.17) is 0 Å². The first kappa shape index (κ1) is 17.5. The third-order valence-electron chi connectivity index (χ3n) is 5.22. The number of amides is 2. The lowest BCUT2D eigenvalue weighted by atomic mass is 10.1. The van der Waals surface area contributed by atoms with Crippen molar-refractivity contribution in [3.05, 3.63) is 41.7 Å². The van der Waals surface area contributed by atoms with Crippen molar-refractivity contribution in [2.75, 3.05) is 38.6 Å². The van der Waals surface area contributed by atoms with Gasteiger partial charge in [-0.2, -0.15) is 0 Å². The number of anilines is 1. The third-order valence-corrected chi connectivity index (χ3v) is 5.22. The molecule has 0 bridgehead atoms. The second-order valence-corrected chi connectivity index (χ2v) is 7.42. The normalized spacial score (nSPS) is 17.3. The van der Waals surface area contributed by atoms with E-state index < -0.39 is 0 Å². The Kier molecular flexibility index (Phi) is 4.55. The highest BCUT2D eigenvalue weighted by Gasteiger charge is 2.33. The standard InChI is InChI=1S/C19H24N6O2/c1-22(2)16-6-3-5-14(9-16)19(27)24-12-17(13-24)25-11-15(20-21-25)10-23-8-4-7-18(23)26/h3,5-6,9,11,17H,4,7-8,10,12-13H2,1-2H3. The molecule has 2 fully saturated rings. The lowest BCUT2D eigenvalue weighted by Gasteiger charge is -2.39. The number of hydrogen-bond donors (Lipinski definition) is 0. The van der Waals surface area contributed by atoms with E-state index in [2.05, 4.69) is 10.3 Å².